The van der Waals surface area contributed by atoms with Gasteiger partial charge in [0.2, 0.25) is 5.91 Å². The van der Waals surface area contributed by atoms with E-state index in [4.69, 9.17) is 4.74 Å². The third kappa shape index (κ3) is 3.10. The minimum absolute atomic E-state index is 0.0594. The van der Waals surface area contributed by atoms with Crippen LogP contribution in [0.4, 0.5) is 0 Å². The maximum atomic E-state index is 11.8. The van der Waals surface area contributed by atoms with Crippen LogP contribution in [0.2, 0.25) is 0 Å². The lowest BCUT2D eigenvalue weighted by Crippen LogP contribution is -2.25. The summed E-state index contributed by atoms with van der Waals surface area (Å²) < 4.78 is 5.20. The van der Waals surface area contributed by atoms with Gasteiger partial charge in [-0.2, -0.15) is 0 Å². The summed E-state index contributed by atoms with van der Waals surface area (Å²) in [6.07, 6.45) is 3.67. The lowest BCUT2D eigenvalue weighted by atomic mass is 10.1. The number of rotatable bonds is 5. The highest BCUT2D eigenvalue weighted by Gasteiger charge is 2.08. The molecule has 0 bridgehead atoms. The number of nitrogens with one attached hydrogen (secondary N) is 2. The van der Waals surface area contributed by atoms with Gasteiger partial charge in [0.15, 0.2) is 0 Å². The van der Waals surface area contributed by atoms with E-state index in [1.165, 1.54) is 0 Å². The lowest BCUT2D eigenvalue weighted by Gasteiger charge is -2.08. The molecule has 0 saturated carbocycles. The average molecular weight is 245 g/mol. The van der Waals surface area contributed by atoms with Crippen LogP contribution < -0.4 is 10.1 Å². The normalized spacial score (nSPS) is 10.1. The van der Waals surface area contributed by atoms with E-state index >= 15 is 0 Å². The minimum Gasteiger partial charge on any atom is -0.496 e. The number of aromatic nitrogens is 2. The first-order chi connectivity index (χ1) is 8.79. The van der Waals surface area contributed by atoms with Crippen molar-refractivity contribution >= 4 is 5.91 Å². The van der Waals surface area contributed by atoms with Crippen LogP contribution in [-0.4, -0.2) is 23.0 Å². The minimum atomic E-state index is -0.0594. The molecule has 5 heteroatoms. The molecule has 5 nitrogen and oxygen atoms in total. The molecule has 0 fully saturated rings. The number of carbonyl (C=O) groups excluding carboxylic acids is 1. The number of H-pyrrole nitrogens is 1. The first-order valence-electron chi connectivity index (χ1n) is 5.66. The summed E-state index contributed by atoms with van der Waals surface area (Å²) in [7, 11) is 1.60. The number of hydrogen-bond acceptors (Lipinski definition) is 3. The Morgan fingerprint density at radius 2 is 2.28 bits per heavy atom. The van der Waals surface area contributed by atoms with E-state index in [-0.39, 0.29) is 5.91 Å². The molecule has 94 valence electrons. The van der Waals surface area contributed by atoms with Crippen molar-refractivity contribution in [2.75, 3.05) is 7.11 Å². The molecule has 1 amide bonds. The fraction of sp³-hybridized carbons (Fsp3) is 0.231. The van der Waals surface area contributed by atoms with Gasteiger partial charge in [0, 0.05) is 18.0 Å². The topological polar surface area (TPSA) is 67.0 Å². The van der Waals surface area contributed by atoms with Crippen LogP contribution in [0.3, 0.4) is 0 Å². The van der Waals surface area contributed by atoms with E-state index in [2.05, 4.69) is 15.3 Å². The van der Waals surface area contributed by atoms with Crippen molar-refractivity contribution in [1.29, 1.82) is 0 Å². The second-order valence-electron chi connectivity index (χ2n) is 3.80. The fourth-order valence-electron chi connectivity index (χ4n) is 1.66. The highest BCUT2D eigenvalue weighted by Crippen LogP contribution is 2.17. The number of imidazole rings is 1. The van der Waals surface area contributed by atoms with E-state index in [9.17, 15) is 4.79 Å². The van der Waals surface area contributed by atoms with Gasteiger partial charge >= 0.3 is 0 Å². The van der Waals surface area contributed by atoms with Crippen molar-refractivity contribution in [2.45, 2.75) is 13.0 Å². The quantitative estimate of drug-likeness (QED) is 0.833. The molecule has 0 spiro atoms. The second kappa shape index (κ2) is 5.86. The third-order valence-electron chi connectivity index (χ3n) is 2.55. The summed E-state index contributed by atoms with van der Waals surface area (Å²) in [6.45, 7) is 0.404. The number of ether oxygens (including phenoxy) is 1. The van der Waals surface area contributed by atoms with Gasteiger partial charge < -0.3 is 15.0 Å². The maximum absolute atomic E-state index is 11.8. The van der Waals surface area contributed by atoms with Crippen molar-refractivity contribution in [3.05, 3.63) is 48.0 Å². The van der Waals surface area contributed by atoms with Crippen molar-refractivity contribution in [1.82, 2.24) is 15.3 Å². The van der Waals surface area contributed by atoms with Crippen molar-refractivity contribution < 1.29 is 9.53 Å². The highest BCUT2D eigenvalue weighted by molar-refractivity contribution is 5.79. The molecule has 0 radical (unpaired) electrons. The van der Waals surface area contributed by atoms with Gasteiger partial charge in [-0.1, -0.05) is 18.2 Å². The first-order valence-corrected chi connectivity index (χ1v) is 5.66. The van der Waals surface area contributed by atoms with Crippen LogP contribution in [0.25, 0.3) is 0 Å². The molecule has 0 aliphatic carbocycles. The lowest BCUT2D eigenvalue weighted by molar-refractivity contribution is -0.120. The summed E-state index contributed by atoms with van der Waals surface area (Å²) in [5.41, 5.74) is 0.872. The first kappa shape index (κ1) is 12.2. The molecule has 0 aliphatic rings. The Morgan fingerprint density at radius 3 is 3.00 bits per heavy atom. The number of benzene rings is 1. The summed E-state index contributed by atoms with van der Waals surface area (Å²) in [5.74, 6) is 1.41. The molecule has 2 N–H and O–H groups in total. The molecule has 1 aromatic carbocycles. The smallest absolute Gasteiger partial charge is 0.224 e. The van der Waals surface area contributed by atoms with E-state index in [0.717, 1.165) is 17.1 Å². The Morgan fingerprint density at radius 1 is 1.44 bits per heavy atom. The van der Waals surface area contributed by atoms with Gasteiger partial charge in [-0.15, -0.1) is 0 Å². The molecule has 0 unspecified atom stereocenters. The number of nitrogens with zero attached hydrogens (tertiary/aromatic N) is 1. The molecule has 0 atom stereocenters. The van der Waals surface area contributed by atoms with Gasteiger partial charge in [-0.25, -0.2) is 4.98 Å². The predicted molar refractivity (Wildman–Crippen MR) is 67.1 cm³/mol. The van der Waals surface area contributed by atoms with Crippen molar-refractivity contribution in [2.24, 2.45) is 0 Å². The summed E-state index contributed by atoms with van der Waals surface area (Å²) in [6, 6.07) is 7.49. The summed E-state index contributed by atoms with van der Waals surface area (Å²) in [4.78, 5) is 18.7. The van der Waals surface area contributed by atoms with Crippen LogP contribution >= 0.6 is 0 Å². The zero-order valence-electron chi connectivity index (χ0n) is 10.1. The van der Waals surface area contributed by atoms with Gasteiger partial charge in [-0.05, 0) is 6.07 Å². The number of carbonyl (C=O) groups is 1. The molecule has 0 saturated heterocycles. The molecular weight excluding hydrogens is 230 g/mol. The van der Waals surface area contributed by atoms with Crippen LogP contribution in [0.1, 0.15) is 11.4 Å². The molecule has 1 aromatic heterocycles. The number of hydrogen-bond donors (Lipinski definition) is 2. The standard InChI is InChI=1S/C13H15N3O2/c1-18-11-5-3-2-4-10(11)8-13(17)16-9-12-14-6-7-15-12/h2-7H,8-9H2,1H3,(H,14,15)(H,16,17). The number of methoxy groups -OCH3 is 1. The molecular formula is C13H15N3O2. The van der Waals surface area contributed by atoms with Gasteiger partial charge in [0.05, 0.1) is 20.1 Å². The largest absolute Gasteiger partial charge is 0.496 e. The second-order valence-corrected chi connectivity index (χ2v) is 3.80. The summed E-state index contributed by atoms with van der Waals surface area (Å²) in [5, 5.41) is 2.80. The van der Waals surface area contributed by atoms with E-state index in [0.29, 0.717) is 13.0 Å². The van der Waals surface area contributed by atoms with Crippen molar-refractivity contribution in [3.8, 4) is 5.75 Å². The predicted octanol–water partition coefficient (Wildman–Crippen LogP) is 1.28. The number of amides is 1. The maximum Gasteiger partial charge on any atom is 0.224 e. The van der Waals surface area contributed by atoms with Crippen LogP contribution in [0.15, 0.2) is 36.7 Å². The Labute approximate surface area is 105 Å². The van der Waals surface area contributed by atoms with Gasteiger partial charge in [0.25, 0.3) is 0 Å². The van der Waals surface area contributed by atoms with Crippen LogP contribution in [0, 0.1) is 0 Å². The Balaban J connectivity index is 1.90. The number of para-hydroxylation sites is 1. The monoisotopic (exact) mass is 245 g/mol. The molecule has 2 rings (SSSR count). The SMILES string of the molecule is COc1ccccc1CC(=O)NCc1ncc[nH]1. The zero-order valence-corrected chi connectivity index (χ0v) is 10.1. The van der Waals surface area contributed by atoms with Gasteiger partial charge in [0.1, 0.15) is 11.6 Å². The van der Waals surface area contributed by atoms with Crippen molar-refractivity contribution in [3.63, 3.8) is 0 Å². The van der Waals surface area contributed by atoms with E-state index < -0.39 is 0 Å². The number of aromatic amines is 1. The highest BCUT2D eigenvalue weighted by atomic mass is 16.5. The fourth-order valence-corrected chi connectivity index (χ4v) is 1.66. The molecule has 0 aliphatic heterocycles. The Hall–Kier alpha value is -2.30. The summed E-state index contributed by atoms with van der Waals surface area (Å²) >= 11 is 0. The van der Waals surface area contributed by atoms with E-state index in [1.807, 2.05) is 24.3 Å². The Kier molecular flexibility index (Phi) is 3.96. The Bertz CT molecular complexity index is 509. The third-order valence-corrected chi connectivity index (χ3v) is 2.55. The van der Waals surface area contributed by atoms with Crippen LogP contribution in [-0.2, 0) is 17.8 Å². The van der Waals surface area contributed by atoms with Gasteiger partial charge in [-0.3, -0.25) is 4.79 Å². The molecule has 2 aromatic rings. The zero-order chi connectivity index (χ0) is 12.8. The van der Waals surface area contributed by atoms with E-state index in [1.54, 1.807) is 19.5 Å². The average Bonchev–Trinajstić information content (AvgIpc) is 2.90. The molecule has 18 heavy (non-hydrogen) atoms. The molecule has 1 heterocycles. The van der Waals surface area contributed by atoms with Crippen LogP contribution in [0.5, 0.6) is 5.75 Å².